The van der Waals surface area contributed by atoms with E-state index in [1.54, 1.807) is 20.9 Å². The third kappa shape index (κ3) is 6.30. The highest BCUT2D eigenvalue weighted by Gasteiger charge is 2.19. The molecule has 5 heteroatoms. The Morgan fingerprint density at radius 3 is 2.45 bits per heavy atom. The lowest BCUT2D eigenvalue weighted by Crippen LogP contribution is -2.41. The minimum absolute atomic E-state index is 0.219. The Balaban J connectivity index is 2.53. The van der Waals surface area contributed by atoms with E-state index < -0.39 is 5.60 Å². The summed E-state index contributed by atoms with van der Waals surface area (Å²) in [5, 5.41) is 12.5. The van der Waals surface area contributed by atoms with Gasteiger partial charge in [-0.3, -0.25) is 0 Å². The fourth-order valence-corrected chi connectivity index (χ4v) is 2.29. The van der Waals surface area contributed by atoms with E-state index >= 15 is 0 Å². The molecule has 0 saturated carbocycles. The van der Waals surface area contributed by atoms with Crippen LogP contribution in [0.5, 0.6) is 0 Å². The molecular formula is C15H24N2O2S. The Kier molecular flexibility index (Phi) is 6.36. The maximum atomic E-state index is 11.9. The quantitative estimate of drug-likeness (QED) is 0.848. The van der Waals surface area contributed by atoms with Gasteiger partial charge in [0.15, 0.2) is 0 Å². The Labute approximate surface area is 125 Å². The van der Waals surface area contributed by atoms with Crippen LogP contribution in [0, 0.1) is 0 Å². The fourth-order valence-electron chi connectivity index (χ4n) is 1.85. The lowest BCUT2D eigenvalue weighted by atomic mass is 10.1. The van der Waals surface area contributed by atoms with Crippen molar-refractivity contribution in [3.8, 4) is 0 Å². The summed E-state index contributed by atoms with van der Waals surface area (Å²) in [4.78, 5) is 13.4. The van der Waals surface area contributed by atoms with Gasteiger partial charge in [-0.2, -0.15) is 11.8 Å². The van der Waals surface area contributed by atoms with E-state index in [1.807, 2.05) is 36.0 Å². The summed E-state index contributed by atoms with van der Waals surface area (Å²) in [7, 11) is 1.67. The molecule has 0 aliphatic rings. The van der Waals surface area contributed by atoms with Gasteiger partial charge in [-0.25, -0.2) is 4.79 Å². The summed E-state index contributed by atoms with van der Waals surface area (Å²) >= 11 is 1.82. The van der Waals surface area contributed by atoms with Crippen LogP contribution in [0.1, 0.15) is 19.4 Å². The number of rotatable bonds is 6. The molecule has 0 bridgehead atoms. The fraction of sp³-hybridized carbons (Fsp3) is 0.533. The van der Waals surface area contributed by atoms with Gasteiger partial charge in [-0.1, -0.05) is 12.1 Å². The Bertz CT molecular complexity index is 426. The van der Waals surface area contributed by atoms with Gasteiger partial charge in [0.05, 0.1) is 12.1 Å². The first-order valence-electron chi connectivity index (χ1n) is 6.64. The molecule has 1 rings (SSSR count). The van der Waals surface area contributed by atoms with E-state index in [1.165, 1.54) is 10.5 Å². The zero-order valence-corrected chi connectivity index (χ0v) is 13.5. The van der Waals surface area contributed by atoms with Crippen LogP contribution in [-0.4, -0.2) is 47.2 Å². The molecule has 0 saturated heterocycles. The number of hydrogen-bond donors (Lipinski definition) is 2. The molecule has 1 aromatic carbocycles. The Morgan fingerprint density at radius 1 is 1.35 bits per heavy atom. The first-order valence-corrected chi connectivity index (χ1v) is 8.03. The highest BCUT2D eigenvalue weighted by atomic mass is 32.2. The molecule has 112 valence electrons. The second kappa shape index (κ2) is 7.55. The molecule has 0 unspecified atom stereocenters. The molecule has 0 aromatic heterocycles. The number of anilines is 1. The number of carbonyl (C=O) groups is 1. The van der Waals surface area contributed by atoms with E-state index in [2.05, 4.69) is 11.6 Å². The van der Waals surface area contributed by atoms with Gasteiger partial charge in [0.25, 0.3) is 0 Å². The zero-order valence-electron chi connectivity index (χ0n) is 12.6. The number of urea groups is 1. The van der Waals surface area contributed by atoms with Crippen LogP contribution in [0.3, 0.4) is 0 Å². The summed E-state index contributed by atoms with van der Waals surface area (Å²) < 4.78 is 0. The number of aryl methyl sites for hydroxylation is 1. The average Bonchev–Trinajstić information content (AvgIpc) is 2.36. The van der Waals surface area contributed by atoms with Gasteiger partial charge in [0, 0.05) is 12.7 Å². The molecule has 1 aromatic rings. The predicted octanol–water partition coefficient (Wildman–Crippen LogP) is 2.83. The largest absolute Gasteiger partial charge is 0.389 e. The van der Waals surface area contributed by atoms with E-state index in [9.17, 15) is 9.90 Å². The molecule has 20 heavy (non-hydrogen) atoms. The lowest BCUT2D eigenvalue weighted by molar-refractivity contribution is 0.0550. The molecule has 0 aliphatic heterocycles. The van der Waals surface area contributed by atoms with Crippen molar-refractivity contribution in [1.29, 1.82) is 0 Å². The van der Waals surface area contributed by atoms with Crippen LogP contribution in [0.2, 0.25) is 0 Å². The minimum atomic E-state index is -0.895. The van der Waals surface area contributed by atoms with Gasteiger partial charge in [0.2, 0.25) is 0 Å². The number of likely N-dealkylation sites (N-methyl/N-ethyl adjacent to an activating group) is 1. The summed E-state index contributed by atoms with van der Waals surface area (Å²) in [5.41, 5.74) is 1.14. The van der Waals surface area contributed by atoms with Crippen molar-refractivity contribution in [3.05, 3.63) is 29.8 Å². The molecule has 2 N–H and O–H groups in total. The topological polar surface area (TPSA) is 52.6 Å². The zero-order chi connectivity index (χ0) is 15.2. The van der Waals surface area contributed by atoms with E-state index in [0.29, 0.717) is 0 Å². The van der Waals surface area contributed by atoms with Gasteiger partial charge < -0.3 is 15.3 Å². The SMILES string of the molecule is CSCCc1ccc(NC(=O)N(C)CC(C)(C)O)cc1. The number of benzene rings is 1. The molecule has 0 radical (unpaired) electrons. The first-order chi connectivity index (χ1) is 9.31. The summed E-state index contributed by atoms with van der Waals surface area (Å²) in [6.07, 6.45) is 3.13. The number of aliphatic hydroxyl groups is 1. The number of amides is 2. The molecule has 4 nitrogen and oxygen atoms in total. The van der Waals surface area contributed by atoms with Gasteiger partial charge in [-0.15, -0.1) is 0 Å². The third-order valence-electron chi connectivity index (χ3n) is 2.77. The van der Waals surface area contributed by atoms with E-state index in [0.717, 1.165) is 17.9 Å². The van der Waals surface area contributed by atoms with Crippen molar-refractivity contribution in [3.63, 3.8) is 0 Å². The summed E-state index contributed by atoms with van der Waals surface area (Å²) in [6.45, 7) is 3.64. The molecule has 2 amide bonds. The molecule has 0 heterocycles. The molecule has 0 atom stereocenters. The van der Waals surface area contributed by atoms with Crippen molar-refractivity contribution < 1.29 is 9.90 Å². The standard InChI is InChI=1S/C15H24N2O2S/c1-15(2,19)11-17(3)14(18)16-13-7-5-12(6-8-13)9-10-20-4/h5-8,19H,9-11H2,1-4H3,(H,16,18). The average molecular weight is 296 g/mol. The van der Waals surface area contributed by atoms with Crippen LogP contribution >= 0.6 is 11.8 Å². The summed E-state index contributed by atoms with van der Waals surface area (Å²) in [5.74, 6) is 1.10. The second-order valence-electron chi connectivity index (χ2n) is 5.54. The Hall–Kier alpha value is -1.20. The maximum absolute atomic E-state index is 11.9. The summed E-state index contributed by atoms with van der Waals surface area (Å²) in [6, 6.07) is 7.66. The van der Waals surface area contributed by atoms with Gasteiger partial charge >= 0.3 is 6.03 Å². The molecule has 0 spiro atoms. The highest BCUT2D eigenvalue weighted by Crippen LogP contribution is 2.12. The van der Waals surface area contributed by atoms with Crippen LogP contribution in [-0.2, 0) is 6.42 Å². The van der Waals surface area contributed by atoms with Crippen LogP contribution < -0.4 is 5.32 Å². The number of nitrogens with zero attached hydrogens (tertiary/aromatic N) is 1. The normalized spacial score (nSPS) is 11.2. The van der Waals surface area contributed by atoms with Crippen molar-refractivity contribution in [2.45, 2.75) is 25.9 Å². The maximum Gasteiger partial charge on any atom is 0.321 e. The number of carbonyl (C=O) groups excluding carboxylic acids is 1. The predicted molar refractivity (Wildman–Crippen MR) is 86.5 cm³/mol. The van der Waals surface area contributed by atoms with Crippen molar-refractivity contribution in [1.82, 2.24) is 4.90 Å². The molecule has 0 aliphatic carbocycles. The van der Waals surface area contributed by atoms with Gasteiger partial charge in [0.1, 0.15) is 0 Å². The monoisotopic (exact) mass is 296 g/mol. The minimum Gasteiger partial charge on any atom is -0.389 e. The van der Waals surface area contributed by atoms with Crippen molar-refractivity contribution in [2.75, 3.05) is 30.9 Å². The first kappa shape index (κ1) is 16.9. The van der Waals surface area contributed by atoms with E-state index in [4.69, 9.17) is 0 Å². The third-order valence-corrected chi connectivity index (χ3v) is 3.38. The van der Waals surface area contributed by atoms with Crippen LogP contribution in [0.15, 0.2) is 24.3 Å². The highest BCUT2D eigenvalue weighted by molar-refractivity contribution is 7.98. The second-order valence-corrected chi connectivity index (χ2v) is 6.52. The van der Waals surface area contributed by atoms with Gasteiger partial charge in [-0.05, 0) is 50.0 Å². The smallest absolute Gasteiger partial charge is 0.321 e. The molecule has 0 fully saturated rings. The number of thioether (sulfide) groups is 1. The van der Waals surface area contributed by atoms with Crippen LogP contribution in [0.25, 0.3) is 0 Å². The van der Waals surface area contributed by atoms with Crippen molar-refractivity contribution in [2.24, 2.45) is 0 Å². The molecular weight excluding hydrogens is 272 g/mol. The Morgan fingerprint density at radius 2 is 1.95 bits per heavy atom. The van der Waals surface area contributed by atoms with Crippen LogP contribution in [0.4, 0.5) is 10.5 Å². The van der Waals surface area contributed by atoms with Crippen molar-refractivity contribution >= 4 is 23.5 Å². The number of nitrogens with one attached hydrogen (secondary N) is 1. The lowest BCUT2D eigenvalue weighted by Gasteiger charge is -2.25. The van der Waals surface area contributed by atoms with E-state index in [-0.39, 0.29) is 12.6 Å². The number of hydrogen-bond acceptors (Lipinski definition) is 3.